The van der Waals surface area contributed by atoms with Gasteiger partial charge in [-0.05, 0) is 24.3 Å². The molecular formula is C17H12FN3O2. The van der Waals surface area contributed by atoms with E-state index in [-0.39, 0.29) is 23.6 Å². The zero-order valence-corrected chi connectivity index (χ0v) is 12.0. The maximum Gasteiger partial charge on any atom is 0.263 e. The van der Waals surface area contributed by atoms with Crippen molar-refractivity contribution in [3.8, 4) is 0 Å². The predicted octanol–water partition coefficient (Wildman–Crippen LogP) is 2.49. The van der Waals surface area contributed by atoms with E-state index in [9.17, 15) is 14.0 Å². The number of nitrogens with zero attached hydrogens (tertiary/aromatic N) is 1. The van der Waals surface area contributed by atoms with Gasteiger partial charge in [0, 0.05) is 0 Å². The Balaban J connectivity index is 1.69. The first-order chi connectivity index (χ1) is 11.1. The van der Waals surface area contributed by atoms with Gasteiger partial charge in [0.05, 0.1) is 23.6 Å². The van der Waals surface area contributed by atoms with E-state index in [0.29, 0.717) is 5.82 Å². The largest absolute Gasteiger partial charge is 0.339 e. The molecule has 0 saturated heterocycles. The van der Waals surface area contributed by atoms with Crippen LogP contribution in [-0.2, 0) is 9.59 Å². The quantitative estimate of drug-likeness (QED) is 0.837. The van der Waals surface area contributed by atoms with Gasteiger partial charge >= 0.3 is 0 Å². The summed E-state index contributed by atoms with van der Waals surface area (Å²) in [6.07, 6.45) is 0. The second kappa shape index (κ2) is 4.95. The summed E-state index contributed by atoms with van der Waals surface area (Å²) in [6, 6.07) is 13.3. The summed E-state index contributed by atoms with van der Waals surface area (Å²) in [4.78, 5) is 26.4. The molecule has 6 heteroatoms. The van der Waals surface area contributed by atoms with Gasteiger partial charge in [-0.3, -0.25) is 9.59 Å². The molecule has 0 atom stereocenters. The molecule has 0 fully saturated rings. The number of carbonyl (C=O) groups is 2. The SMILES string of the molecule is O=C1CN2C(=C1C(=O)Nc1ccccc1F)Nc1ccccc12. The van der Waals surface area contributed by atoms with Crippen LogP contribution in [0.3, 0.4) is 0 Å². The molecule has 4 rings (SSSR count). The highest BCUT2D eigenvalue weighted by molar-refractivity contribution is 6.28. The monoisotopic (exact) mass is 309 g/mol. The fraction of sp³-hybridized carbons (Fsp3) is 0.0588. The summed E-state index contributed by atoms with van der Waals surface area (Å²) in [7, 11) is 0. The standard InChI is InChI=1S/C17H12FN3O2/c18-10-5-1-2-6-11(10)20-17(23)15-14(22)9-21-13-8-4-3-7-12(13)19-16(15)21/h1-8,19H,9H2,(H,20,23). The second-order valence-corrected chi connectivity index (χ2v) is 5.31. The summed E-state index contributed by atoms with van der Waals surface area (Å²) in [5.41, 5.74) is 1.76. The smallest absolute Gasteiger partial charge is 0.263 e. The molecule has 1 amide bonds. The van der Waals surface area contributed by atoms with Crippen LogP contribution in [0.25, 0.3) is 0 Å². The zero-order valence-electron chi connectivity index (χ0n) is 12.0. The summed E-state index contributed by atoms with van der Waals surface area (Å²) < 4.78 is 13.7. The first-order valence-corrected chi connectivity index (χ1v) is 7.12. The van der Waals surface area contributed by atoms with Gasteiger partial charge in [-0.25, -0.2) is 4.39 Å². The number of rotatable bonds is 2. The van der Waals surface area contributed by atoms with Gasteiger partial charge in [-0.15, -0.1) is 0 Å². The molecule has 0 spiro atoms. The van der Waals surface area contributed by atoms with Crippen LogP contribution < -0.4 is 15.5 Å². The van der Waals surface area contributed by atoms with E-state index in [1.165, 1.54) is 18.2 Å². The van der Waals surface area contributed by atoms with Crippen molar-refractivity contribution in [2.45, 2.75) is 0 Å². The maximum atomic E-state index is 13.7. The highest BCUT2D eigenvalue weighted by Gasteiger charge is 2.39. The lowest BCUT2D eigenvalue weighted by Gasteiger charge is -2.11. The predicted molar refractivity (Wildman–Crippen MR) is 84.5 cm³/mol. The van der Waals surface area contributed by atoms with Crippen LogP contribution in [0, 0.1) is 5.82 Å². The summed E-state index contributed by atoms with van der Waals surface area (Å²) in [5, 5.41) is 5.55. The van der Waals surface area contributed by atoms with Gasteiger partial charge in [-0.1, -0.05) is 24.3 Å². The topological polar surface area (TPSA) is 61.4 Å². The Morgan fingerprint density at radius 3 is 2.70 bits per heavy atom. The number of benzene rings is 2. The van der Waals surface area contributed by atoms with Crippen LogP contribution in [0.1, 0.15) is 0 Å². The van der Waals surface area contributed by atoms with Crippen molar-refractivity contribution in [1.29, 1.82) is 0 Å². The molecule has 0 saturated carbocycles. The lowest BCUT2D eigenvalue weighted by atomic mass is 10.1. The minimum absolute atomic E-state index is 0.0180. The zero-order chi connectivity index (χ0) is 16.0. The van der Waals surface area contributed by atoms with E-state index in [1.54, 1.807) is 11.0 Å². The number of hydrogen-bond acceptors (Lipinski definition) is 4. The van der Waals surface area contributed by atoms with Gasteiger partial charge < -0.3 is 15.5 Å². The summed E-state index contributed by atoms with van der Waals surface area (Å²) in [5.74, 6) is -1.00. The Kier molecular flexibility index (Phi) is 2.90. The lowest BCUT2D eigenvalue weighted by Crippen LogP contribution is -2.21. The third-order valence-electron chi connectivity index (χ3n) is 3.88. The molecule has 114 valence electrons. The van der Waals surface area contributed by atoms with Gasteiger partial charge in [0.25, 0.3) is 5.91 Å². The molecular weight excluding hydrogens is 297 g/mol. The molecule has 2 aromatic rings. The average Bonchev–Trinajstić information content (AvgIpc) is 3.04. The van der Waals surface area contributed by atoms with Gasteiger partial charge in [0.15, 0.2) is 5.78 Å². The number of para-hydroxylation sites is 3. The number of amides is 1. The van der Waals surface area contributed by atoms with Crippen LogP contribution in [-0.4, -0.2) is 18.2 Å². The van der Waals surface area contributed by atoms with E-state index in [1.807, 2.05) is 24.3 Å². The lowest BCUT2D eigenvalue weighted by molar-refractivity contribution is -0.118. The number of ketones is 1. The number of Topliss-reactive ketones (excluding diaryl/α,β-unsaturated/α-hetero) is 1. The Bertz CT molecular complexity index is 876. The normalized spacial score (nSPS) is 15.3. The molecule has 0 aromatic heterocycles. The molecule has 2 aliphatic heterocycles. The Morgan fingerprint density at radius 2 is 1.87 bits per heavy atom. The molecule has 2 aliphatic rings. The van der Waals surface area contributed by atoms with Crippen LogP contribution in [0.15, 0.2) is 59.9 Å². The van der Waals surface area contributed by atoms with Crippen LogP contribution in [0.4, 0.5) is 21.5 Å². The van der Waals surface area contributed by atoms with E-state index < -0.39 is 11.7 Å². The van der Waals surface area contributed by atoms with E-state index in [0.717, 1.165) is 11.4 Å². The van der Waals surface area contributed by atoms with Gasteiger partial charge in [0.2, 0.25) is 0 Å². The molecule has 2 aromatic carbocycles. The van der Waals surface area contributed by atoms with Crippen molar-refractivity contribution in [2.75, 3.05) is 22.1 Å². The molecule has 0 unspecified atom stereocenters. The number of carbonyl (C=O) groups excluding carboxylic acids is 2. The number of hydrogen-bond donors (Lipinski definition) is 2. The first kappa shape index (κ1) is 13.5. The number of halogens is 1. The van der Waals surface area contributed by atoms with Crippen molar-refractivity contribution in [2.24, 2.45) is 0 Å². The third kappa shape index (κ3) is 2.07. The second-order valence-electron chi connectivity index (χ2n) is 5.31. The summed E-state index contributed by atoms with van der Waals surface area (Å²) in [6.45, 7) is 0.0966. The molecule has 2 heterocycles. The average molecular weight is 309 g/mol. The van der Waals surface area contributed by atoms with Crippen molar-refractivity contribution in [3.05, 3.63) is 65.7 Å². The van der Waals surface area contributed by atoms with Crippen molar-refractivity contribution < 1.29 is 14.0 Å². The van der Waals surface area contributed by atoms with E-state index >= 15 is 0 Å². The van der Waals surface area contributed by atoms with Crippen molar-refractivity contribution >= 4 is 28.8 Å². The fourth-order valence-corrected chi connectivity index (χ4v) is 2.83. The highest BCUT2D eigenvalue weighted by atomic mass is 19.1. The number of anilines is 3. The highest BCUT2D eigenvalue weighted by Crippen LogP contribution is 2.40. The molecule has 0 radical (unpaired) electrons. The molecule has 0 bridgehead atoms. The Labute approximate surface area is 131 Å². The maximum absolute atomic E-state index is 13.7. The Morgan fingerprint density at radius 1 is 1.13 bits per heavy atom. The van der Waals surface area contributed by atoms with Gasteiger partial charge in [0.1, 0.15) is 17.2 Å². The van der Waals surface area contributed by atoms with Crippen LogP contribution in [0.2, 0.25) is 0 Å². The minimum atomic E-state index is -0.613. The van der Waals surface area contributed by atoms with Crippen molar-refractivity contribution in [1.82, 2.24) is 0 Å². The van der Waals surface area contributed by atoms with E-state index in [2.05, 4.69) is 10.6 Å². The fourth-order valence-electron chi connectivity index (χ4n) is 2.83. The Hall–Kier alpha value is -3.15. The number of nitrogens with one attached hydrogen (secondary N) is 2. The minimum Gasteiger partial charge on any atom is -0.339 e. The van der Waals surface area contributed by atoms with E-state index in [4.69, 9.17) is 0 Å². The molecule has 23 heavy (non-hydrogen) atoms. The van der Waals surface area contributed by atoms with Gasteiger partial charge in [-0.2, -0.15) is 0 Å². The van der Waals surface area contributed by atoms with Crippen LogP contribution >= 0.6 is 0 Å². The third-order valence-corrected chi connectivity index (χ3v) is 3.88. The molecule has 5 nitrogen and oxygen atoms in total. The first-order valence-electron chi connectivity index (χ1n) is 7.12. The molecule has 2 N–H and O–H groups in total. The van der Waals surface area contributed by atoms with Crippen molar-refractivity contribution in [3.63, 3.8) is 0 Å². The summed E-state index contributed by atoms with van der Waals surface area (Å²) >= 11 is 0. The molecule has 0 aliphatic carbocycles. The number of fused-ring (bicyclic) bond motifs is 3. The van der Waals surface area contributed by atoms with Crippen LogP contribution in [0.5, 0.6) is 0 Å².